The van der Waals surface area contributed by atoms with E-state index in [1.165, 1.54) is 14.0 Å². The largest absolute Gasteiger partial charge is 0.495 e. The van der Waals surface area contributed by atoms with Gasteiger partial charge in [-0.3, -0.25) is 14.9 Å². The van der Waals surface area contributed by atoms with Crippen LogP contribution < -0.4 is 26.0 Å². The molecule has 0 saturated carbocycles. The van der Waals surface area contributed by atoms with E-state index >= 15 is 0 Å². The third-order valence-corrected chi connectivity index (χ3v) is 2.86. The number of nitrogens with one attached hydrogen (secondary N) is 4. The number of amides is 4. The minimum Gasteiger partial charge on any atom is -0.495 e. The Morgan fingerprint density at radius 3 is 2.52 bits per heavy atom. The van der Waals surface area contributed by atoms with Gasteiger partial charge in [0.25, 0.3) is 0 Å². The molecule has 4 amide bonds. The zero-order valence-corrected chi connectivity index (χ0v) is 13.6. The van der Waals surface area contributed by atoms with Crippen molar-refractivity contribution < 1.29 is 19.1 Å². The number of rotatable bonds is 6. The van der Waals surface area contributed by atoms with Gasteiger partial charge in [0.15, 0.2) is 0 Å². The van der Waals surface area contributed by atoms with Gasteiger partial charge in [0, 0.05) is 19.2 Å². The number of methoxy groups -OCH3 is 1. The van der Waals surface area contributed by atoms with Crippen molar-refractivity contribution in [3.63, 3.8) is 0 Å². The van der Waals surface area contributed by atoms with E-state index in [-0.39, 0.29) is 5.91 Å². The summed E-state index contributed by atoms with van der Waals surface area (Å²) in [4.78, 5) is 34.4. The van der Waals surface area contributed by atoms with Crippen LogP contribution in [0.25, 0.3) is 0 Å². The molecule has 4 N–H and O–H groups in total. The van der Waals surface area contributed by atoms with Crippen molar-refractivity contribution in [2.45, 2.75) is 26.8 Å². The summed E-state index contributed by atoms with van der Waals surface area (Å²) in [5.41, 5.74) is 1.09. The maximum Gasteiger partial charge on any atom is 0.321 e. The van der Waals surface area contributed by atoms with Crippen LogP contribution in [0.15, 0.2) is 18.2 Å². The molecule has 0 saturated heterocycles. The van der Waals surface area contributed by atoms with E-state index in [0.717, 1.165) is 0 Å². The topological polar surface area (TPSA) is 109 Å². The number of carbonyl (C=O) groups excluding carboxylic acids is 3. The predicted molar refractivity (Wildman–Crippen MR) is 87.6 cm³/mol. The van der Waals surface area contributed by atoms with Crippen LogP contribution in [-0.2, 0) is 9.59 Å². The Kier molecular flexibility index (Phi) is 6.85. The summed E-state index contributed by atoms with van der Waals surface area (Å²) < 4.78 is 5.22. The molecule has 8 nitrogen and oxygen atoms in total. The van der Waals surface area contributed by atoms with Gasteiger partial charge in [-0.15, -0.1) is 0 Å². The Balaban J connectivity index is 2.82. The van der Waals surface area contributed by atoms with Crippen LogP contribution in [0.1, 0.15) is 20.8 Å². The number of anilines is 2. The lowest BCUT2D eigenvalue weighted by atomic mass is 10.2. The van der Waals surface area contributed by atoms with Gasteiger partial charge in [0.1, 0.15) is 11.8 Å². The second kappa shape index (κ2) is 8.62. The van der Waals surface area contributed by atoms with E-state index in [1.54, 1.807) is 32.0 Å². The number of hydrogen-bond acceptors (Lipinski definition) is 5. The Morgan fingerprint density at radius 2 is 1.96 bits per heavy atom. The van der Waals surface area contributed by atoms with Crippen LogP contribution in [0.2, 0.25) is 0 Å². The van der Waals surface area contributed by atoms with Gasteiger partial charge in [-0.25, -0.2) is 4.79 Å². The molecule has 0 aliphatic heterocycles. The average Bonchev–Trinajstić information content (AvgIpc) is 2.47. The maximum absolute atomic E-state index is 11.9. The fourth-order valence-corrected chi connectivity index (χ4v) is 1.83. The van der Waals surface area contributed by atoms with Crippen molar-refractivity contribution in [1.29, 1.82) is 0 Å². The first-order chi connectivity index (χ1) is 10.9. The van der Waals surface area contributed by atoms with Gasteiger partial charge in [-0.2, -0.15) is 0 Å². The molecule has 0 heterocycles. The molecule has 0 radical (unpaired) electrons. The molecule has 126 valence electrons. The molecule has 1 unspecified atom stereocenters. The molecule has 0 aliphatic rings. The molecule has 0 aromatic heterocycles. The highest BCUT2D eigenvalue weighted by molar-refractivity contribution is 5.98. The lowest BCUT2D eigenvalue weighted by molar-refractivity contribution is -0.120. The van der Waals surface area contributed by atoms with Crippen molar-refractivity contribution in [2.24, 2.45) is 0 Å². The van der Waals surface area contributed by atoms with Crippen LogP contribution in [0.4, 0.5) is 16.2 Å². The monoisotopic (exact) mass is 322 g/mol. The highest BCUT2D eigenvalue weighted by Gasteiger charge is 2.17. The minimum atomic E-state index is -0.681. The lowest BCUT2D eigenvalue weighted by Gasteiger charge is -2.18. The first kappa shape index (κ1) is 18.3. The second-order valence-electron chi connectivity index (χ2n) is 4.81. The van der Waals surface area contributed by atoms with Crippen molar-refractivity contribution in [1.82, 2.24) is 10.6 Å². The number of ether oxygens (including phenoxy) is 1. The molecule has 1 atom stereocenters. The summed E-state index contributed by atoms with van der Waals surface area (Å²) >= 11 is 0. The minimum absolute atomic E-state index is 0.205. The molecule has 23 heavy (non-hydrogen) atoms. The summed E-state index contributed by atoms with van der Waals surface area (Å²) in [6.07, 6.45) is 0. The van der Waals surface area contributed by atoms with Crippen LogP contribution in [0.3, 0.4) is 0 Å². The smallest absolute Gasteiger partial charge is 0.321 e. The molecule has 1 aromatic rings. The van der Waals surface area contributed by atoms with Crippen molar-refractivity contribution in [3.05, 3.63) is 18.2 Å². The second-order valence-corrected chi connectivity index (χ2v) is 4.81. The molecule has 1 aromatic carbocycles. The van der Waals surface area contributed by atoms with E-state index in [2.05, 4.69) is 21.3 Å². The zero-order valence-electron chi connectivity index (χ0n) is 13.6. The Labute approximate surface area is 135 Å². The van der Waals surface area contributed by atoms with Gasteiger partial charge in [0.2, 0.25) is 11.8 Å². The number of hydrogen-bond donors (Lipinski definition) is 4. The van der Waals surface area contributed by atoms with Gasteiger partial charge in [-0.1, -0.05) is 0 Å². The van der Waals surface area contributed by atoms with E-state index < -0.39 is 18.0 Å². The summed E-state index contributed by atoms with van der Waals surface area (Å²) in [5.74, 6) is -0.178. The molecular formula is C15H22N4O4. The fraction of sp³-hybridized carbons (Fsp3) is 0.400. The molecule has 8 heteroatoms. The predicted octanol–water partition coefficient (Wildman–Crippen LogP) is 1.30. The fourth-order valence-electron chi connectivity index (χ4n) is 1.83. The Hall–Kier alpha value is -2.77. The molecule has 1 rings (SSSR count). The Morgan fingerprint density at radius 1 is 1.26 bits per heavy atom. The highest BCUT2D eigenvalue weighted by atomic mass is 16.5. The van der Waals surface area contributed by atoms with Gasteiger partial charge < -0.3 is 20.7 Å². The normalized spacial score (nSPS) is 11.1. The van der Waals surface area contributed by atoms with E-state index in [4.69, 9.17) is 4.74 Å². The zero-order chi connectivity index (χ0) is 17.4. The molecule has 0 bridgehead atoms. The average molecular weight is 322 g/mol. The summed E-state index contributed by atoms with van der Waals surface area (Å²) in [6, 6.07) is 3.77. The van der Waals surface area contributed by atoms with Crippen LogP contribution in [0, 0.1) is 0 Å². The molecule has 0 fully saturated rings. The number of urea groups is 1. The molecule has 0 aliphatic carbocycles. The summed E-state index contributed by atoms with van der Waals surface area (Å²) in [6.45, 7) is 5.19. The molecular weight excluding hydrogens is 300 g/mol. The Bertz CT molecular complexity index is 589. The molecule has 0 spiro atoms. The van der Waals surface area contributed by atoms with Crippen LogP contribution in [0.5, 0.6) is 5.75 Å². The summed E-state index contributed by atoms with van der Waals surface area (Å²) in [7, 11) is 1.50. The quantitative estimate of drug-likeness (QED) is 0.631. The van der Waals surface area contributed by atoms with Gasteiger partial charge in [0.05, 0.1) is 12.8 Å². The number of imide groups is 1. The van der Waals surface area contributed by atoms with E-state index in [0.29, 0.717) is 23.7 Å². The van der Waals surface area contributed by atoms with E-state index in [9.17, 15) is 14.4 Å². The first-order valence-corrected chi connectivity index (χ1v) is 7.18. The number of benzene rings is 1. The van der Waals surface area contributed by atoms with Crippen LogP contribution in [-0.4, -0.2) is 37.5 Å². The van der Waals surface area contributed by atoms with Crippen LogP contribution >= 0.6 is 0 Å². The summed E-state index contributed by atoms with van der Waals surface area (Å²) in [5, 5.41) is 10.3. The van der Waals surface area contributed by atoms with E-state index in [1.807, 2.05) is 0 Å². The standard InChI is InChI=1S/C15H22N4O4/c1-5-16-15(22)19-14(21)9(2)17-12-8-11(18-10(3)20)6-7-13(12)23-4/h6-9,17H,5H2,1-4H3,(H,18,20)(H2,16,19,21,22). The third kappa shape index (κ3) is 5.85. The number of carbonyl (C=O) groups is 3. The highest BCUT2D eigenvalue weighted by Crippen LogP contribution is 2.28. The van der Waals surface area contributed by atoms with Gasteiger partial charge in [-0.05, 0) is 32.0 Å². The lowest BCUT2D eigenvalue weighted by Crippen LogP contribution is -2.45. The van der Waals surface area contributed by atoms with Crippen molar-refractivity contribution in [2.75, 3.05) is 24.3 Å². The SMILES string of the molecule is CCNC(=O)NC(=O)C(C)Nc1cc(NC(C)=O)ccc1OC. The van der Waals surface area contributed by atoms with Crippen molar-refractivity contribution in [3.8, 4) is 5.75 Å². The third-order valence-electron chi connectivity index (χ3n) is 2.86. The first-order valence-electron chi connectivity index (χ1n) is 7.18. The van der Waals surface area contributed by atoms with Gasteiger partial charge >= 0.3 is 6.03 Å². The van der Waals surface area contributed by atoms with Crippen molar-refractivity contribution >= 4 is 29.2 Å². The maximum atomic E-state index is 11.9.